The SMILES string of the molecule is CCCCOC(=O)Oc1ccc(S2(OS(=O)(=O)C(F)(F)C(F)(F)C(F)(F)C(F)(F)C(F)(F)C(F)(F)C(F)(F)C(F)(F)F)CCCC2)c2ccccc12. The zero-order valence-electron chi connectivity index (χ0n) is 25.6. The Kier molecular flexibility index (Phi) is 11.5. The molecule has 0 amide bonds. The van der Waals surface area contributed by atoms with E-state index in [0.717, 1.165) is 18.2 Å². The number of carbonyl (C=O) groups excluding carboxylic acids is 1. The van der Waals surface area contributed by atoms with Crippen LogP contribution in [0, 0.1) is 0 Å². The smallest absolute Gasteiger partial charge is 0.434 e. The topological polar surface area (TPSA) is 78.9 Å². The maximum atomic E-state index is 15.0. The van der Waals surface area contributed by atoms with Gasteiger partial charge in [0.1, 0.15) is 5.75 Å². The Hall–Kier alpha value is -2.96. The maximum absolute atomic E-state index is 15.0. The number of alkyl halides is 17. The molecule has 1 fully saturated rings. The number of benzene rings is 2. The largest absolute Gasteiger partial charge is 0.513 e. The Bertz CT molecular complexity index is 1740. The first-order chi connectivity index (χ1) is 23.3. The van der Waals surface area contributed by atoms with Crippen LogP contribution >= 0.6 is 10.3 Å². The van der Waals surface area contributed by atoms with Gasteiger partial charge in [-0.25, -0.2) is 8.42 Å². The van der Waals surface area contributed by atoms with Crippen molar-refractivity contribution < 1.29 is 101 Å². The van der Waals surface area contributed by atoms with E-state index in [2.05, 4.69) is 3.63 Å². The van der Waals surface area contributed by atoms with Gasteiger partial charge in [-0.05, 0) is 36.8 Å². The highest BCUT2D eigenvalue weighted by atomic mass is 32.3. The summed E-state index contributed by atoms with van der Waals surface area (Å²) in [6, 6.07) is 6.65. The molecule has 0 saturated carbocycles. The molecule has 0 aliphatic carbocycles. The Labute approximate surface area is 283 Å². The molecule has 6 nitrogen and oxygen atoms in total. The van der Waals surface area contributed by atoms with E-state index in [4.69, 9.17) is 9.47 Å². The quantitative estimate of drug-likeness (QED) is 0.0817. The molecule has 0 unspecified atom stereocenters. The first kappa shape index (κ1) is 43.4. The van der Waals surface area contributed by atoms with Crippen LogP contribution in [-0.4, -0.2) is 79.7 Å². The van der Waals surface area contributed by atoms with E-state index in [1.807, 2.05) is 0 Å². The van der Waals surface area contributed by atoms with Crippen LogP contribution in [0.3, 0.4) is 0 Å². The Morgan fingerprint density at radius 3 is 1.62 bits per heavy atom. The van der Waals surface area contributed by atoms with Crippen molar-refractivity contribution in [2.45, 2.75) is 84.5 Å². The highest BCUT2D eigenvalue weighted by Gasteiger charge is 2.96. The minimum Gasteiger partial charge on any atom is -0.434 e. The number of halogens is 17. The maximum Gasteiger partial charge on any atom is 0.513 e. The van der Waals surface area contributed by atoms with E-state index in [9.17, 15) is 79.1 Å². The first-order valence-corrected chi connectivity index (χ1v) is 17.5. The lowest BCUT2D eigenvalue weighted by Crippen LogP contribution is -2.75. The van der Waals surface area contributed by atoms with Crippen LogP contribution in [0.2, 0.25) is 0 Å². The third-order valence-electron chi connectivity index (χ3n) is 7.58. The normalized spacial score (nSPS) is 17.7. The van der Waals surface area contributed by atoms with Crippen molar-refractivity contribution in [3.8, 4) is 5.75 Å². The molecule has 0 radical (unpaired) electrons. The van der Waals surface area contributed by atoms with Crippen molar-refractivity contribution in [3.63, 3.8) is 0 Å². The molecular weight excluding hydrogens is 807 g/mol. The van der Waals surface area contributed by atoms with Crippen LogP contribution in [0.4, 0.5) is 79.4 Å². The zero-order valence-corrected chi connectivity index (χ0v) is 27.2. The van der Waals surface area contributed by atoms with Crippen LogP contribution in [0.15, 0.2) is 41.3 Å². The fourth-order valence-electron chi connectivity index (χ4n) is 4.69. The first-order valence-electron chi connectivity index (χ1n) is 14.2. The Morgan fingerprint density at radius 1 is 0.673 bits per heavy atom. The van der Waals surface area contributed by atoms with Crippen molar-refractivity contribution in [1.82, 2.24) is 0 Å². The number of fused-ring (bicyclic) bond motifs is 1. The molecule has 2 aromatic carbocycles. The summed E-state index contributed by atoms with van der Waals surface area (Å²) in [4.78, 5) is 11.7. The molecule has 0 aromatic heterocycles. The van der Waals surface area contributed by atoms with Crippen molar-refractivity contribution >= 4 is 37.4 Å². The van der Waals surface area contributed by atoms with Crippen molar-refractivity contribution in [2.24, 2.45) is 0 Å². The molecule has 0 N–H and O–H groups in total. The van der Waals surface area contributed by atoms with Gasteiger partial charge in [0, 0.05) is 21.8 Å². The highest BCUT2D eigenvalue weighted by molar-refractivity contribution is 8.33. The molecular formula is C27H23F17O6S2. The highest BCUT2D eigenvalue weighted by Crippen LogP contribution is 2.68. The molecule has 298 valence electrons. The van der Waals surface area contributed by atoms with Gasteiger partial charge in [-0.1, -0.05) is 47.9 Å². The van der Waals surface area contributed by atoms with Crippen LogP contribution in [0.25, 0.3) is 10.8 Å². The lowest BCUT2D eigenvalue weighted by atomic mass is 9.91. The van der Waals surface area contributed by atoms with Gasteiger partial charge >= 0.3 is 63.2 Å². The van der Waals surface area contributed by atoms with Crippen LogP contribution in [-0.2, 0) is 18.5 Å². The summed E-state index contributed by atoms with van der Waals surface area (Å²) >= 11 is 0. The van der Waals surface area contributed by atoms with Crippen molar-refractivity contribution in [3.05, 3.63) is 36.4 Å². The second-order valence-corrected chi connectivity index (χ2v) is 15.9. The van der Waals surface area contributed by atoms with Crippen LogP contribution in [0.5, 0.6) is 5.75 Å². The third kappa shape index (κ3) is 6.59. The second kappa shape index (κ2) is 13.7. The summed E-state index contributed by atoms with van der Waals surface area (Å²) in [5.41, 5.74) is 0. The number of hydrogen-bond acceptors (Lipinski definition) is 6. The average Bonchev–Trinajstić information content (AvgIpc) is 3.48. The number of ether oxygens (including phenoxy) is 2. The third-order valence-corrected chi connectivity index (χ3v) is 13.3. The van der Waals surface area contributed by atoms with Gasteiger partial charge in [-0.2, -0.15) is 83.1 Å². The fourth-order valence-corrected chi connectivity index (χ4v) is 10.6. The summed E-state index contributed by atoms with van der Waals surface area (Å²) < 4.78 is 275. The van der Waals surface area contributed by atoms with Crippen LogP contribution in [0.1, 0.15) is 32.6 Å². The molecule has 25 heteroatoms. The predicted octanol–water partition coefficient (Wildman–Crippen LogP) is 10.3. The van der Waals surface area contributed by atoms with Gasteiger partial charge in [-0.3, -0.25) is 0 Å². The van der Waals surface area contributed by atoms with E-state index >= 15 is 8.78 Å². The van der Waals surface area contributed by atoms with Crippen molar-refractivity contribution in [2.75, 3.05) is 18.1 Å². The summed E-state index contributed by atoms with van der Waals surface area (Å²) in [6.45, 7) is 1.67. The molecule has 0 spiro atoms. The van der Waals surface area contributed by atoms with E-state index in [-0.39, 0.29) is 36.0 Å². The minimum atomic E-state index is -8.96. The van der Waals surface area contributed by atoms with Crippen LogP contribution < -0.4 is 4.74 Å². The fraction of sp³-hybridized carbons (Fsp3) is 0.593. The summed E-state index contributed by atoms with van der Waals surface area (Å²) in [6.07, 6.45) is -8.48. The molecule has 1 heterocycles. The number of rotatable bonds is 14. The summed E-state index contributed by atoms with van der Waals surface area (Å²) in [7, 11) is -11.8. The molecule has 1 saturated heterocycles. The second-order valence-electron chi connectivity index (χ2n) is 11.1. The predicted molar refractivity (Wildman–Crippen MR) is 146 cm³/mol. The monoisotopic (exact) mass is 830 g/mol. The molecule has 1 aliphatic heterocycles. The zero-order chi connectivity index (χ0) is 40.2. The lowest BCUT2D eigenvalue weighted by molar-refractivity contribution is -0.458. The van der Waals surface area contributed by atoms with Gasteiger partial charge < -0.3 is 9.47 Å². The Morgan fingerprint density at radius 2 is 1.13 bits per heavy atom. The van der Waals surface area contributed by atoms with Gasteiger partial charge in [0.15, 0.2) is 0 Å². The van der Waals surface area contributed by atoms with E-state index in [0.29, 0.717) is 12.8 Å². The summed E-state index contributed by atoms with van der Waals surface area (Å²) in [5.74, 6) is -53.9. The van der Waals surface area contributed by atoms with E-state index in [1.165, 1.54) is 18.2 Å². The molecule has 1 aliphatic rings. The molecule has 2 aromatic rings. The number of unbranched alkanes of at least 4 members (excludes halogenated alkanes) is 1. The van der Waals surface area contributed by atoms with Gasteiger partial charge in [0.05, 0.1) is 6.61 Å². The molecule has 3 rings (SSSR count). The van der Waals surface area contributed by atoms with Gasteiger partial charge in [0.25, 0.3) is 0 Å². The summed E-state index contributed by atoms with van der Waals surface area (Å²) in [5, 5.41) is -8.13. The van der Waals surface area contributed by atoms with E-state index < -0.39 is 89.9 Å². The van der Waals surface area contributed by atoms with Gasteiger partial charge in [0.2, 0.25) is 0 Å². The number of hydrogen-bond donors (Lipinski definition) is 0. The van der Waals surface area contributed by atoms with Crippen molar-refractivity contribution in [1.29, 1.82) is 0 Å². The standard InChI is InChI=1S/C27H23F17O6S2/c1-2-3-12-48-19(45)49-17-10-11-18(16-9-5-4-8-15(16)17)51(13-6-7-14-51)50-52(46,47)27(43,44)25(38,39)23(34,35)21(30,31)20(28,29)22(32,33)24(36,37)26(40,41)42/h4-5,8-11H,2-3,6-7,12-14H2,1H3. The minimum absolute atomic E-state index is 0.0890. The molecule has 0 atom stereocenters. The van der Waals surface area contributed by atoms with E-state index in [1.54, 1.807) is 6.92 Å². The Balaban J connectivity index is 2.11. The lowest BCUT2D eigenvalue weighted by Gasteiger charge is -2.43. The number of carbonyl (C=O) groups is 1. The molecule has 52 heavy (non-hydrogen) atoms. The molecule has 0 bridgehead atoms. The average molecular weight is 831 g/mol. The van der Waals surface area contributed by atoms with Gasteiger partial charge in [-0.15, -0.1) is 0 Å².